The number of pyridine rings is 1. The molecule has 0 amide bonds. The Morgan fingerprint density at radius 3 is 1.95 bits per heavy atom. The predicted molar refractivity (Wildman–Crippen MR) is 85.9 cm³/mol. The molecule has 0 aliphatic carbocycles. The Morgan fingerprint density at radius 2 is 1.42 bits per heavy atom. The molecule has 1 heterocycles. The van der Waals surface area contributed by atoms with Gasteiger partial charge in [-0.25, -0.2) is 0 Å². The maximum absolute atomic E-state index is 4.60. The fourth-order valence-electron chi connectivity index (χ4n) is 2.02. The van der Waals surface area contributed by atoms with Gasteiger partial charge in [-0.3, -0.25) is 4.98 Å². The van der Waals surface area contributed by atoms with Crippen LogP contribution in [0.3, 0.4) is 0 Å². The molecule has 19 heavy (non-hydrogen) atoms. The van der Waals surface area contributed by atoms with Crippen LogP contribution in [-0.4, -0.2) is 4.98 Å². The number of benzene rings is 1. The van der Waals surface area contributed by atoms with Gasteiger partial charge in [0.05, 0.1) is 0 Å². The maximum Gasteiger partial charge on any atom is 0.0463 e. The van der Waals surface area contributed by atoms with Crippen molar-refractivity contribution in [2.45, 2.75) is 59.8 Å². The summed E-state index contributed by atoms with van der Waals surface area (Å²) >= 11 is 0. The first-order valence-electron chi connectivity index (χ1n) is 6.59. The van der Waals surface area contributed by atoms with Crippen LogP contribution >= 0.6 is 0 Å². The average molecular weight is 257 g/mol. The molecule has 0 bridgehead atoms. The van der Waals surface area contributed by atoms with Gasteiger partial charge in [0, 0.05) is 22.7 Å². The Kier molecular flexibility index (Phi) is 4.09. The molecule has 0 atom stereocenters. The van der Waals surface area contributed by atoms with E-state index in [4.69, 9.17) is 0 Å². The van der Waals surface area contributed by atoms with E-state index in [0.717, 1.165) is 5.69 Å². The lowest BCUT2D eigenvalue weighted by molar-refractivity contribution is 0.570. The Bertz CT molecular complexity index is 515. The van der Waals surface area contributed by atoms with E-state index in [1.54, 1.807) is 0 Å². The highest BCUT2D eigenvalue weighted by molar-refractivity contribution is 5.83. The summed E-state index contributed by atoms with van der Waals surface area (Å²) in [5.41, 5.74) is 2.81. The second-order valence-corrected chi connectivity index (χ2v) is 7.13. The molecule has 1 heteroatoms. The molecule has 0 saturated heterocycles. The lowest BCUT2D eigenvalue weighted by Gasteiger charge is -2.21. The van der Waals surface area contributed by atoms with Crippen LogP contribution in [0.1, 0.15) is 60.2 Å². The van der Waals surface area contributed by atoms with Gasteiger partial charge in [0.2, 0.25) is 0 Å². The quantitative estimate of drug-likeness (QED) is 0.610. The number of hydrogen-bond donors (Lipinski definition) is 0. The Labute approximate surface area is 118 Å². The summed E-state index contributed by atoms with van der Waals surface area (Å²) in [4.78, 5) is 4.60. The van der Waals surface area contributed by atoms with E-state index in [2.05, 4.69) is 70.8 Å². The van der Waals surface area contributed by atoms with Crippen molar-refractivity contribution in [3.63, 3.8) is 0 Å². The molecule has 2 rings (SSSR count). The van der Waals surface area contributed by atoms with Crippen molar-refractivity contribution in [1.29, 1.82) is 0 Å². The first-order valence-corrected chi connectivity index (χ1v) is 6.59. The summed E-state index contributed by atoms with van der Waals surface area (Å²) < 4.78 is 0. The zero-order chi connectivity index (χ0) is 13.6. The first-order chi connectivity index (χ1) is 8.18. The summed E-state index contributed by atoms with van der Waals surface area (Å²) in [5, 5.41) is 2.51. The zero-order valence-electron chi connectivity index (χ0n) is 12.3. The zero-order valence-corrected chi connectivity index (χ0v) is 12.3. The summed E-state index contributed by atoms with van der Waals surface area (Å²) in [6, 6.07) is 8.91. The van der Waals surface area contributed by atoms with Crippen molar-refractivity contribution in [1.82, 2.24) is 4.98 Å². The van der Waals surface area contributed by atoms with Gasteiger partial charge in [0.25, 0.3) is 0 Å². The van der Waals surface area contributed by atoms with E-state index in [-0.39, 0.29) is 18.3 Å². The average Bonchev–Trinajstić information content (AvgIpc) is 2.25. The van der Waals surface area contributed by atoms with Crippen LogP contribution in [0.25, 0.3) is 10.8 Å². The molecule has 0 aliphatic heterocycles. The topological polar surface area (TPSA) is 12.9 Å². The van der Waals surface area contributed by atoms with E-state index in [1.807, 2.05) is 6.20 Å². The Morgan fingerprint density at radius 1 is 0.789 bits per heavy atom. The van der Waals surface area contributed by atoms with E-state index in [0.29, 0.717) is 0 Å². The summed E-state index contributed by atoms with van der Waals surface area (Å²) in [7, 11) is 0. The maximum atomic E-state index is 4.60. The third-order valence-corrected chi connectivity index (χ3v) is 3.36. The number of hydrogen-bond acceptors (Lipinski definition) is 1. The molecule has 2 aromatic rings. The van der Waals surface area contributed by atoms with Gasteiger partial charge in [-0.1, -0.05) is 61.1 Å². The Hall–Kier alpha value is -1.37. The minimum Gasteiger partial charge on any atom is -0.260 e. The molecule has 1 aromatic carbocycles. The summed E-state index contributed by atoms with van der Waals surface area (Å²) in [6.45, 7) is 13.3. The number of rotatable bonds is 0. The molecule has 0 saturated carbocycles. The van der Waals surface area contributed by atoms with Gasteiger partial charge in [-0.15, -0.1) is 0 Å². The first kappa shape index (κ1) is 15.7. The third-order valence-electron chi connectivity index (χ3n) is 3.36. The molecule has 1 nitrogen and oxygen atoms in total. The van der Waals surface area contributed by atoms with E-state index in [1.165, 1.54) is 16.3 Å². The van der Waals surface area contributed by atoms with E-state index in [9.17, 15) is 0 Å². The van der Waals surface area contributed by atoms with Gasteiger partial charge in [0.15, 0.2) is 0 Å². The highest BCUT2D eigenvalue weighted by Crippen LogP contribution is 2.28. The van der Waals surface area contributed by atoms with Gasteiger partial charge in [0.1, 0.15) is 0 Å². The highest BCUT2D eigenvalue weighted by Gasteiger charge is 2.17. The molecule has 0 fully saturated rings. The summed E-state index contributed by atoms with van der Waals surface area (Å²) in [5.74, 6) is 0. The number of nitrogens with zero attached hydrogens (tertiary/aromatic N) is 1. The van der Waals surface area contributed by atoms with Crippen LogP contribution in [0.4, 0.5) is 0 Å². The van der Waals surface area contributed by atoms with Crippen molar-refractivity contribution >= 4 is 10.8 Å². The van der Waals surface area contributed by atoms with Crippen molar-refractivity contribution in [3.05, 3.63) is 41.7 Å². The normalized spacial score (nSPS) is 12.3. The monoisotopic (exact) mass is 257 g/mol. The van der Waals surface area contributed by atoms with Crippen molar-refractivity contribution < 1.29 is 0 Å². The molecule has 104 valence electrons. The minimum atomic E-state index is 0. The number of fused-ring (bicyclic) bond motifs is 1. The second-order valence-electron chi connectivity index (χ2n) is 7.13. The summed E-state index contributed by atoms with van der Waals surface area (Å²) in [6.07, 6.45) is 2.01. The second kappa shape index (κ2) is 4.96. The van der Waals surface area contributed by atoms with E-state index < -0.39 is 0 Å². The van der Waals surface area contributed by atoms with Crippen molar-refractivity contribution in [2.75, 3.05) is 0 Å². The fourth-order valence-corrected chi connectivity index (χ4v) is 2.02. The van der Waals surface area contributed by atoms with Gasteiger partial charge in [-0.2, -0.15) is 0 Å². The lowest BCUT2D eigenvalue weighted by Crippen LogP contribution is -2.13. The van der Waals surface area contributed by atoms with Crippen LogP contribution < -0.4 is 0 Å². The molecular weight excluding hydrogens is 230 g/mol. The van der Waals surface area contributed by atoms with E-state index >= 15 is 0 Å². The SMILES string of the molecule is C.CC(C)(C)c1ccc2cc(C(C)(C)C)ncc2c1. The standard InChI is InChI=1S/C17H23N.CH4/c1-16(2,3)14-8-7-12-10-15(17(4,5)6)18-11-13(12)9-14;/h7-11H,1-6H3;1H4. The van der Waals surface area contributed by atoms with Gasteiger partial charge < -0.3 is 0 Å². The molecular formula is C18H27N. The van der Waals surface area contributed by atoms with Crippen LogP contribution in [0, 0.1) is 0 Å². The molecule has 0 spiro atoms. The number of aromatic nitrogens is 1. The molecule has 0 unspecified atom stereocenters. The van der Waals surface area contributed by atoms with Crippen LogP contribution in [-0.2, 0) is 10.8 Å². The largest absolute Gasteiger partial charge is 0.260 e. The molecule has 1 aromatic heterocycles. The van der Waals surface area contributed by atoms with Crippen molar-refractivity contribution in [3.8, 4) is 0 Å². The van der Waals surface area contributed by atoms with Crippen molar-refractivity contribution in [2.24, 2.45) is 0 Å². The third kappa shape index (κ3) is 3.34. The predicted octanol–water partition coefficient (Wildman–Crippen LogP) is 5.47. The smallest absolute Gasteiger partial charge is 0.0463 e. The molecule has 0 aliphatic rings. The lowest BCUT2D eigenvalue weighted by atomic mass is 9.85. The van der Waals surface area contributed by atoms with Gasteiger partial charge >= 0.3 is 0 Å². The minimum absolute atomic E-state index is 0. The fraction of sp³-hybridized carbons (Fsp3) is 0.500. The van der Waals surface area contributed by atoms with Crippen LogP contribution in [0.2, 0.25) is 0 Å². The molecule has 0 radical (unpaired) electrons. The highest BCUT2D eigenvalue weighted by atomic mass is 14.7. The molecule has 0 N–H and O–H groups in total. The van der Waals surface area contributed by atoms with Gasteiger partial charge in [-0.05, 0) is 28.5 Å². The van der Waals surface area contributed by atoms with Crippen LogP contribution in [0.15, 0.2) is 30.5 Å². The van der Waals surface area contributed by atoms with Crippen LogP contribution in [0.5, 0.6) is 0 Å². The Balaban J connectivity index is 0.00000180.